The van der Waals surface area contributed by atoms with Gasteiger partial charge in [-0.1, -0.05) is 57.2 Å². The van der Waals surface area contributed by atoms with Gasteiger partial charge in [0.1, 0.15) is 5.82 Å². The summed E-state index contributed by atoms with van der Waals surface area (Å²) in [6, 6.07) is 17.1. The molecule has 1 aromatic heterocycles. The molecule has 0 saturated carbocycles. The normalized spacial score (nSPS) is 12.3. The Morgan fingerprint density at radius 1 is 1.00 bits per heavy atom. The average Bonchev–Trinajstić information content (AvgIpc) is 2.70. The lowest BCUT2D eigenvalue weighted by atomic mass is 9.86. The third-order valence-corrected chi connectivity index (χ3v) is 4.87. The van der Waals surface area contributed by atoms with E-state index in [4.69, 9.17) is 0 Å². The Balaban J connectivity index is 1.94. The summed E-state index contributed by atoms with van der Waals surface area (Å²) in [5.74, 6) is -0.315. The second-order valence-corrected chi connectivity index (χ2v) is 8.08. The highest BCUT2D eigenvalue weighted by atomic mass is 19.1. The summed E-state index contributed by atoms with van der Waals surface area (Å²) >= 11 is 0. The van der Waals surface area contributed by atoms with E-state index >= 15 is 0 Å². The van der Waals surface area contributed by atoms with Crippen LogP contribution in [0.15, 0.2) is 73.1 Å². The molecule has 1 unspecified atom stereocenters. The van der Waals surface area contributed by atoms with Crippen molar-refractivity contribution >= 4 is 11.7 Å². The molecule has 2 amide bonds. The Bertz CT molecular complexity index is 965. The molecule has 3 rings (SSSR count). The molecule has 5 heteroatoms. The predicted molar refractivity (Wildman–Crippen MR) is 114 cm³/mol. The molecule has 150 valence electrons. The molecule has 1 N–H and O–H groups in total. The van der Waals surface area contributed by atoms with Gasteiger partial charge in [0, 0.05) is 25.1 Å². The molecule has 1 atom stereocenters. The number of nitrogens with one attached hydrogen (secondary N) is 1. The number of carbonyl (C=O) groups excluding carboxylic acids is 1. The maximum Gasteiger partial charge on any atom is 0.322 e. The highest BCUT2D eigenvalue weighted by molar-refractivity contribution is 5.90. The van der Waals surface area contributed by atoms with Crippen LogP contribution in [0.25, 0.3) is 0 Å². The molecule has 4 nitrogen and oxygen atoms in total. The van der Waals surface area contributed by atoms with Gasteiger partial charge in [0.25, 0.3) is 0 Å². The molecule has 0 aliphatic rings. The Morgan fingerprint density at radius 2 is 1.69 bits per heavy atom. The number of para-hydroxylation sites is 1. The smallest absolute Gasteiger partial charge is 0.316 e. The Labute approximate surface area is 171 Å². The monoisotopic (exact) mass is 391 g/mol. The maximum atomic E-state index is 13.5. The lowest BCUT2D eigenvalue weighted by molar-refractivity contribution is 0.212. The molecule has 1 heterocycles. The van der Waals surface area contributed by atoms with Gasteiger partial charge in [0.05, 0.1) is 6.04 Å². The van der Waals surface area contributed by atoms with Crippen LogP contribution in [0.2, 0.25) is 0 Å². The van der Waals surface area contributed by atoms with Crippen LogP contribution in [0.1, 0.15) is 43.5 Å². The van der Waals surface area contributed by atoms with Gasteiger partial charge in [-0.2, -0.15) is 0 Å². The molecule has 2 aromatic carbocycles. The van der Waals surface area contributed by atoms with Crippen molar-refractivity contribution in [2.24, 2.45) is 0 Å². The number of halogens is 1. The fraction of sp³-hybridized carbons (Fsp3) is 0.250. The van der Waals surface area contributed by atoms with Crippen LogP contribution in [0.4, 0.5) is 14.9 Å². The fourth-order valence-electron chi connectivity index (χ4n) is 3.39. The zero-order chi connectivity index (χ0) is 21.0. The first-order valence-corrected chi connectivity index (χ1v) is 9.56. The summed E-state index contributed by atoms with van der Waals surface area (Å²) in [6.45, 7) is 6.33. The average molecular weight is 391 g/mol. The van der Waals surface area contributed by atoms with Crippen LogP contribution in [0.3, 0.4) is 0 Å². The maximum absolute atomic E-state index is 13.5. The largest absolute Gasteiger partial charge is 0.322 e. The zero-order valence-corrected chi connectivity index (χ0v) is 17.2. The lowest BCUT2D eigenvalue weighted by Gasteiger charge is -2.30. The Kier molecular flexibility index (Phi) is 5.97. The van der Waals surface area contributed by atoms with E-state index in [1.807, 2.05) is 36.4 Å². The van der Waals surface area contributed by atoms with Crippen molar-refractivity contribution in [3.8, 4) is 0 Å². The van der Waals surface area contributed by atoms with Crippen molar-refractivity contribution in [1.82, 2.24) is 9.88 Å². The van der Waals surface area contributed by atoms with E-state index in [1.165, 1.54) is 12.1 Å². The number of benzene rings is 2. The molecule has 0 bridgehead atoms. The molecule has 0 spiro atoms. The van der Waals surface area contributed by atoms with Crippen molar-refractivity contribution < 1.29 is 9.18 Å². The highest BCUT2D eigenvalue weighted by Crippen LogP contribution is 2.31. The third kappa shape index (κ3) is 4.80. The molecule has 3 aromatic rings. The molecule has 0 fully saturated rings. The van der Waals surface area contributed by atoms with Crippen LogP contribution in [0.5, 0.6) is 0 Å². The van der Waals surface area contributed by atoms with E-state index in [1.54, 1.807) is 36.5 Å². The summed E-state index contributed by atoms with van der Waals surface area (Å²) in [6.07, 6.45) is 3.41. The minimum atomic E-state index is -0.397. The third-order valence-electron chi connectivity index (χ3n) is 4.87. The number of nitrogens with zero attached hydrogens (tertiary/aromatic N) is 2. The van der Waals surface area contributed by atoms with Gasteiger partial charge in [0.2, 0.25) is 0 Å². The van der Waals surface area contributed by atoms with Gasteiger partial charge in [-0.25, -0.2) is 9.18 Å². The summed E-state index contributed by atoms with van der Waals surface area (Å²) in [5, 5.41) is 3.04. The lowest BCUT2D eigenvalue weighted by Crippen LogP contribution is -2.36. The number of amides is 2. The molecular formula is C24H26FN3O. The minimum absolute atomic E-state index is 0.109. The van der Waals surface area contributed by atoms with Gasteiger partial charge in [0.15, 0.2) is 0 Å². The van der Waals surface area contributed by atoms with Crippen molar-refractivity contribution in [2.75, 3.05) is 12.4 Å². The van der Waals surface area contributed by atoms with Crippen molar-refractivity contribution in [2.45, 2.75) is 32.2 Å². The van der Waals surface area contributed by atoms with Gasteiger partial charge < -0.3 is 10.2 Å². The second-order valence-electron chi connectivity index (χ2n) is 8.08. The van der Waals surface area contributed by atoms with Crippen molar-refractivity contribution in [3.05, 3.63) is 95.6 Å². The highest BCUT2D eigenvalue weighted by Gasteiger charge is 2.25. The van der Waals surface area contributed by atoms with E-state index < -0.39 is 6.04 Å². The quantitative estimate of drug-likeness (QED) is 0.613. The molecule has 0 aliphatic heterocycles. The van der Waals surface area contributed by atoms with Crippen LogP contribution < -0.4 is 5.32 Å². The van der Waals surface area contributed by atoms with Gasteiger partial charge in [-0.3, -0.25) is 4.98 Å². The summed E-state index contributed by atoms with van der Waals surface area (Å²) < 4.78 is 13.5. The number of carbonyl (C=O) groups is 1. The number of hydrogen-bond donors (Lipinski definition) is 1. The SMILES string of the molecule is CN(C(=O)Nc1ccccc1C(C)(C)C)C(c1ccc(F)cc1)c1cccnc1. The van der Waals surface area contributed by atoms with Gasteiger partial charge in [-0.05, 0) is 46.4 Å². The van der Waals surface area contributed by atoms with Gasteiger partial charge in [-0.15, -0.1) is 0 Å². The number of hydrogen-bond acceptors (Lipinski definition) is 2. The summed E-state index contributed by atoms with van der Waals surface area (Å²) in [5.41, 5.74) is 3.38. The van der Waals surface area contributed by atoms with Crippen LogP contribution >= 0.6 is 0 Å². The molecule has 0 aliphatic carbocycles. The first-order chi connectivity index (χ1) is 13.8. The molecule has 29 heavy (non-hydrogen) atoms. The standard InChI is InChI=1S/C24H26FN3O/c1-24(2,3)20-9-5-6-10-21(20)27-23(29)28(4)22(18-8-7-15-26-16-18)17-11-13-19(25)14-12-17/h5-16,22H,1-4H3,(H,27,29). The van der Waals surface area contributed by atoms with Crippen LogP contribution in [-0.4, -0.2) is 23.0 Å². The summed E-state index contributed by atoms with van der Waals surface area (Å²) in [4.78, 5) is 19.0. The Morgan fingerprint density at radius 3 is 2.31 bits per heavy atom. The van der Waals surface area contributed by atoms with E-state index in [0.29, 0.717) is 0 Å². The number of anilines is 1. The number of aromatic nitrogens is 1. The first-order valence-electron chi connectivity index (χ1n) is 9.56. The van der Waals surface area contributed by atoms with E-state index in [2.05, 4.69) is 31.1 Å². The van der Waals surface area contributed by atoms with E-state index in [0.717, 1.165) is 22.4 Å². The van der Waals surface area contributed by atoms with E-state index in [9.17, 15) is 9.18 Å². The second kappa shape index (κ2) is 8.43. The first kappa shape index (κ1) is 20.5. The number of rotatable bonds is 4. The number of pyridine rings is 1. The van der Waals surface area contributed by atoms with Crippen molar-refractivity contribution in [1.29, 1.82) is 0 Å². The van der Waals surface area contributed by atoms with E-state index in [-0.39, 0.29) is 17.3 Å². The van der Waals surface area contributed by atoms with Gasteiger partial charge >= 0.3 is 6.03 Å². The fourth-order valence-corrected chi connectivity index (χ4v) is 3.39. The predicted octanol–water partition coefficient (Wildman–Crippen LogP) is 5.77. The molecular weight excluding hydrogens is 365 g/mol. The van der Waals surface area contributed by atoms with Crippen LogP contribution in [0, 0.1) is 5.82 Å². The zero-order valence-electron chi connectivity index (χ0n) is 17.2. The topological polar surface area (TPSA) is 45.2 Å². The summed E-state index contributed by atoms with van der Waals surface area (Å²) in [7, 11) is 1.73. The minimum Gasteiger partial charge on any atom is -0.316 e. The molecule has 0 radical (unpaired) electrons. The van der Waals surface area contributed by atoms with Crippen molar-refractivity contribution in [3.63, 3.8) is 0 Å². The Hall–Kier alpha value is -3.21. The molecule has 0 saturated heterocycles. The number of urea groups is 1. The van der Waals surface area contributed by atoms with Crippen LogP contribution in [-0.2, 0) is 5.41 Å².